The van der Waals surface area contributed by atoms with E-state index in [2.05, 4.69) is 35.7 Å². The first-order valence-electron chi connectivity index (χ1n) is 7.09. The van der Waals surface area contributed by atoms with Gasteiger partial charge in [0.05, 0.1) is 5.60 Å². The highest BCUT2D eigenvalue weighted by atomic mass is 127. The van der Waals surface area contributed by atoms with Crippen LogP contribution in [0.25, 0.3) is 0 Å². The number of halogens is 1. The summed E-state index contributed by atoms with van der Waals surface area (Å²) in [5.41, 5.74) is -0.134. The quantitative estimate of drug-likeness (QED) is 0.383. The largest absolute Gasteiger partial charge is 0.381 e. The van der Waals surface area contributed by atoms with Crippen LogP contribution >= 0.6 is 35.7 Å². The second-order valence-electron chi connectivity index (χ2n) is 5.74. The molecule has 1 aliphatic heterocycles. The molecule has 0 aromatic rings. The van der Waals surface area contributed by atoms with E-state index < -0.39 is 0 Å². The van der Waals surface area contributed by atoms with E-state index in [0.29, 0.717) is 0 Å². The van der Waals surface area contributed by atoms with Crippen LogP contribution in [0.5, 0.6) is 0 Å². The van der Waals surface area contributed by atoms with Gasteiger partial charge >= 0.3 is 0 Å². The minimum atomic E-state index is -0.134. The Labute approximate surface area is 150 Å². The predicted octanol–water partition coefficient (Wildman–Crippen LogP) is 2.11. The van der Waals surface area contributed by atoms with E-state index in [1.807, 2.05) is 11.8 Å². The number of methoxy groups -OCH3 is 1. The molecule has 0 aliphatic carbocycles. The molecule has 0 amide bonds. The van der Waals surface area contributed by atoms with Crippen molar-refractivity contribution in [3.63, 3.8) is 0 Å². The molecule has 1 fully saturated rings. The molecular formula is C14H30IN3O2S. The number of nitrogens with zero attached hydrogens (tertiary/aromatic N) is 1. The predicted molar refractivity (Wildman–Crippen MR) is 102 cm³/mol. The molecule has 7 heteroatoms. The van der Waals surface area contributed by atoms with E-state index in [-0.39, 0.29) is 34.3 Å². The fraction of sp³-hybridized carbons (Fsp3) is 0.929. The highest BCUT2D eigenvalue weighted by Gasteiger charge is 2.32. The van der Waals surface area contributed by atoms with E-state index in [1.165, 1.54) is 0 Å². The third-order valence-corrected chi connectivity index (χ3v) is 5.12. The summed E-state index contributed by atoms with van der Waals surface area (Å²) in [7, 11) is 3.57. The van der Waals surface area contributed by atoms with Crippen molar-refractivity contribution < 1.29 is 9.47 Å². The van der Waals surface area contributed by atoms with Crippen LogP contribution in [0.15, 0.2) is 4.99 Å². The van der Waals surface area contributed by atoms with Gasteiger partial charge in [-0.1, -0.05) is 0 Å². The zero-order valence-electron chi connectivity index (χ0n) is 13.8. The van der Waals surface area contributed by atoms with Gasteiger partial charge in [-0.3, -0.25) is 4.99 Å². The Morgan fingerprint density at radius 3 is 2.43 bits per heavy atom. The molecule has 1 heterocycles. The zero-order valence-corrected chi connectivity index (χ0v) is 17.0. The van der Waals surface area contributed by atoms with Crippen LogP contribution in [-0.4, -0.2) is 63.0 Å². The summed E-state index contributed by atoms with van der Waals surface area (Å²) in [5.74, 6) is 0.829. The third-order valence-electron chi connectivity index (χ3n) is 3.87. The third kappa shape index (κ3) is 7.38. The van der Waals surface area contributed by atoms with Gasteiger partial charge < -0.3 is 20.1 Å². The molecule has 0 saturated carbocycles. The number of ether oxygens (including phenoxy) is 2. The zero-order chi connectivity index (χ0) is 15.1. The van der Waals surface area contributed by atoms with Crippen molar-refractivity contribution in [1.29, 1.82) is 0 Å². The second kappa shape index (κ2) is 10.1. The number of guanidine groups is 1. The first-order chi connectivity index (χ1) is 9.47. The molecule has 0 aromatic heterocycles. The number of thioether (sulfide) groups is 1. The van der Waals surface area contributed by atoms with Gasteiger partial charge in [-0.25, -0.2) is 0 Å². The molecular weight excluding hydrogens is 401 g/mol. The van der Waals surface area contributed by atoms with E-state index >= 15 is 0 Å². The maximum atomic E-state index is 5.71. The van der Waals surface area contributed by atoms with Gasteiger partial charge in [0.15, 0.2) is 5.96 Å². The lowest BCUT2D eigenvalue weighted by Crippen LogP contribution is -2.52. The van der Waals surface area contributed by atoms with Crippen molar-refractivity contribution in [3.8, 4) is 0 Å². The van der Waals surface area contributed by atoms with Crippen LogP contribution in [0.3, 0.4) is 0 Å². The van der Waals surface area contributed by atoms with Crippen molar-refractivity contribution >= 4 is 41.7 Å². The fourth-order valence-corrected chi connectivity index (χ4v) is 2.25. The van der Waals surface area contributed by atoms with Crippen molar-refractivity contribution in [2.45, 2.75) is 37.0 Å². The van der Waals surface area contributed by atoms with Crippen LogP contribution in [0.4, 0.5) is 0 Å². The lowest BCUT2D eigenvalue weighted by atomic mass is 9.94. The van der Waals surface area contributed by atoms with Crippen molar-refractivity contribution in [3.05, 3.63) is 0 Å². The summed E-state index contributed by atoms with van der Waals surface area (Å²) in [6.45, 7) is 7.59. The summed E-state index contributed by atoms with van der Waals surface area (Å²) < 4.78 is 11.3. The Morgan fingerprint density at radius 1 is 1.33 bits per heavy atom. The first kappa shape index (κ1) is 21.3. The van der Waals surface area contributed by atoms with Gasteiger partial charge in [0.1, 0.15) is 0 Å². The van der Waals surface area contributed by atoms with Gasteiger partial charge in [0, 0.05) is 58.0 Å². The highest BCUT2D eigenvalue weighted by Crippen LogP contribution is 2.23. The van der Waals surface area contributed by atoms with Gasteiger partial charge in [-0.15, -0.1) is 24.0 Å². The minimum Gasteiger partial charge on any atom is -0.381 e. The molecule has 5 nitrogen and oxygen atoms in total. The highest BCUT2D eigenvalue weighted by molar-refractivity contribution is 14.0. The Kier molecular flexibility index (Phi) is 10.3. The summed E-state index contributed by atoms with van der Waals surface area (Å²) >= 11 is 1.84. The molecule has 126 valence electrons. The normalized spacial score (nSPS) is 18.8. The SMILES string of the molecule is CN=C(NCC1(OC)CCOCC1)NCC(C)(C)SC.I. The van der Waals surface area contributed by atoms with Gasteiger partial charge in [-0.2, -0.15) is 11.8 Å². The van der Waals surface area contributed by atoms with E-state index in [9.17, 15) is 0 Å². The van der Waals surface area contributed by atoms with Gasteiger partial charge in [0.25, 0.3) is 0 Å². The minimum absolute atomic E-state index is 0. The molecule has 1 saturated heterocycles. The topological polar surface area (TPSA) is 54.9 Å². The average molecular weight is 431 g/mol. The van der Waals surface area contributed by atoms with Gasteiger partial charge in [-0.05, 0) is 20.1 Å². The van der Waals surface area contributed by atoms with E-state index in [4.69, 9.17) is 9.47 Å². The van der Waals surface area contributed by atoms with Crippen molar-refractivity contribution in [1.82, 2.24) is 10.6 Å². The Morgan fingerprint density at radius 2 is 1.95 bits per heavy atom. The standard InChI is InChI=1S/C14H29N3O2S.HI/c1-13(2,20-5)10-16-12(15-3)17-11-14(18-4)6-8-19-9-7-14;/h6-11H2,1-5H3,(H2,15,16,17);1H. The van der Waals surface area contributed by atoms with Crippen LogP contribution in [0.2, 0.25) is 0 Å². The number of hydrogen-bond acceptors (Lipinski definition) is 4. The monoisotopic (exact) mass is 431 g/mol. The van der Waals surface area contributed by atoms with E-state index in [1.54, 1.807) is 14.2 Å². The van der Waals surface area contributed by atoms with Gasteiger partial charge in [0.2, 0.25) is 0 Å². The Bertz CT molecular complexity index is 321. The molecule has 0 spiro atoms. The number of rotatable bonds is 6. The molecule has 0 unspecified atom stereocenters. The number of nitrogens with one attached hydrogen (secondary N) is 2. The molecule has 0 bridgehead atoms. The van der Waals surface area contributed by atoms with Crippen LogP contribution < -0.4 is 10.6 Å². The lowest BCUT2D eigenvalue weighted by Gasteiger charge is -2.36. The smallest absolute Gasteiger partial charge is 0.191 e. The fourth-order valence-electron chi connectivity index (χ4n) is 2.03. The van der Waals surface area contributed by atoms with Crippen molar-refractivity contribution in [2.24, 2.45) is 4.99 Å². The summed E-state index contributed by atoms with van der Waals surface area (Å²) in [4.78, 5) is 4.27. The summed E-state index contributed by atoms with van der Waals surface area (Å²) in [6, 6.07) is 0. The molecule has 0 aromatic carbocycles. The van der Waals surface area contributed by atoms with E-state index in [0.717, 1.165) is 45.1 Å². The van der Waals surface area contributed by atoms with Crippen LogP contribution in [0, 0.1) is 0 Å². The molecule has 21 heavy (non-hydrogen) atoms. The number of aliphatic imine (C=N–C) groups is 1. The summed E-state index contributed by atoms with van der Waals surface area (Å²) in [5, 5.41) is 6.75. The summed E-state index contributed by atoms with van der Waals surface area (Å²) in [6.07, 6.45) is 3.97. The molecule has 0 radical (unpaired) electrons. The maximum Gasteiger partial charge on any atom is 0.191 e. The first-order valence-corrected chi connectivity index (χ1v) is 8.32. The Hall–Kier alpha value is 0.270. The number of hydrogen-bond donors (Lipinski definition) is 2. The lowest BCUT2D eigenvalue weighted by molar-refractivity contribution is -0.0855. The molecule has 0 atom stereocenters. The second-order valence-corrected chi connectivity index (χ2v) is 7.26. The maximum absolute atomic E-state index is 5.71. The molecule has 2 N–H and O–H groups in total. The van der Waals surface area contributed by atoms with Crippen molar-refractivity contribution in [2.75, 3.05) is 46.7 Å². The van der Waals surface area contributed by atoms with Crippen LogP contribution in [-0.2, 0) is 9.47 Å². The molecule has 1 aliphatic rings. The Balaban J connectivity index is 0.00000400. The van der Waals surface area contributed by atoms with Crippen LogP contribution in [0.1, 0.15) is 26.7 Å². The average Bonchev–Trinajstić information content (AvgIpc) is 2.48. The molecule has 1 rings (SSSR count).